The molecule has 0 bridgehead atoms. The van der Waals surface area contributed by atoms with Gasteiger partial charge in [0, 0.05) is 43.5 Å². The molecule has 1 aliphatic carbocycles. The Morgan fingerprint density at radius 2 is 1.70 bits per heavy atom. The fraction of sp³-hybridized carbons (Fsp3) is 0.455. The van der Waals surface area contributed by atoms with Gasteiger partial charge in [-0.15, -0.1) is 0 Å². The Morgan fingerprint density at radius 3 is 2.48 bits per heavy atom. The molecule has 140 valence electrons. The molecule has 3 heterocycles. The number of nitrogens with one attached hydrogen (secondary N) is 1. The van der Waals surface area contributed by atoms with Crippen LogP contribution in [0.4, 0.5) is 5.82 Å². The standard InChI is InChI=1S/C22H26N4O/c27-22-18-8-4-3-7-17(18)21-19(23-22)9-10-20(24-21)26-13-11-25(12-14-26)15-16-5-1-2-6-16/h3-4,7-10,16H,1-2,5-6,11-15H2,(H,23,27). The zero-order valence-corrected chi connectivity index (χ0v) is 15.7. The molecular formula is C22H26N4O. The topological polar surface area (TPSA) is 52.2 Å². The Bertz CT molecular complexity index is 1010. The highest BCUT2D eigenvalue weighted by Gasteiger charge is 2.23. The Balaban J connectivity index is 1.38. The molecule has 0 amide bonds. The molecule has 0 spiro atoms. The molecule has 1 saturated heterocycles. The Labute approximate surface area is 159 Å². The first-order chi connectivity index (χ1) is 13.3. The fourth-order valence-corrected chi connectivity index (χ4v) is 4.73. The van der Waals surface area contributed by atoms with E-state index in [0.717, 1.165) is 54.3 Å². The molecule has 5 rings (SSSR count). The summed E-state index contributed by atoms with van der Waals surface area (Å²) >= 11 is 0. The number of nitrogens with zero attached hydrogens (tertiary/aromatic N) is 3. The number of hydrogen-bond donors (Lipinski definition) is 1. The van der Waals surface area contributed by atoms with Gasteiger partial charge in [0.2, 0.25) is 0 Å². The van der Waals surface area contributed by atoms with Gasteiger partial charge in [-0.1, -0.05) is 31.0 Å². The highest BCUT2D eigenvalue weighted by molar-refractivity contribution is 6.03. The van der Waals surface area contributed by atoms with Crippen LogP contribution in [0.3, 0.4) is 0 Å². The summed E-state index contributed by atoms with van der Waals surface area (Å²) in [6.07, 6.45) is 5.67. The second kappa shape index (κ2) is 6.97. The minimum absolute atomic E-state index is 0.0480. The second-order valence-electron chi connectivity index (χ2n) is 8.00. The highest BCUT2D eigenvalue weighted by Crippen LogP contribution is 2.27. The molecule has 1 aromatic carbocycles. The molecule has 1 saturated carbocycles. The molecule has 2 fully saturated rings. The fourth-order valence-electron chi connectivity index (χ4n) is 4.73. The third-order valence-electron chi connectivity index (χ3n) is 6.24. The second-order valence-corrected chi connectivity index (χ2v) is 8.00. The molecule has 1 N–H and O–H groups in total. The normalized spacial score (nSPS) is 19.3. The van der Waals surface area contributed by atoms with Crippen LogP contribution in [0.5, 0.6) is 0 Å². The van der Waals surface area contributed by atoms with Crippen molar-refractivity contribution in [3.8, 4) is 0 Å². The van der Waals surface area contributed by atoms with E-state index < -0.39 is 0 Å². The van der Waals surface area contributed by atoms with Gasteiger partial charge >= 0.3 is 0 Å². The summed E-state index contributed by atoms with van der Waals surface area (Å²) in [5.41, 5.74) is 1.64. The molecular weight excluding hydrogens is 336 g/mol. The monoisotopic (exact) mass is 362 g/mol. The predicted octanol–water partition coefficient (Wildman–Crippen LogP) is 3.39. The minimum atomic E-state index is -0.0480. The van der Waals surface area contributed by atoms with E-state index >= 15 is 0 Å². The van der Waals surface area contributed by atoms with E-state index in [4.69, 9.17) is 4.98 Å². The summed E-state index contributed by atoms with van der Waals surface area (Å²) in [6.45, 7) is 5.54. The lowest BCUT2D eigenvalue weighted by Crippen LogP contribution is -2.47. The lowest BCUT2D eigenvalue weighted by Gasteiger charge is -2.36. The molecule has 3 aromatic rings. The number of rotatable bonds is 3. The lowest BCUT2D eigenvalue weighted by atomic mass is 10.1. The number of piperazine rings is 1. The van der Waals surface area contributed by atoms with Crippen molar-refractivity contribution in [3.63, 3.8) is 0 Å². The SMILES string of the molecule is O=c1[nH]c2ccc(N3CCN(CC4CCCC4)CC3)nc2c2ccccc12. The number of H-pyrrole nitrogens is 1. The smallest absolute Gasteiger partial charge is 0.256 e. The number of aromatic amines is 1. The highest BCUT2D eigenvalue weighted by atomic mass is 16.1. The van der Waals surface area contributed by atoms with Gasteiger partial charge in [-0.3, -0.25) is 9.69 Å². The number of aromatic nitrogens is 2. The molecule has 1 aliphatic heterocycles. The van der Waals surface area contributed by atoms with Gasteiger partial charge < -0.3 is 9.88 Å². The zero-order valence-electron chi connectivity index (χ0n) is 15.7. The van der Waals surface area contributed by atoms with Gasteiger partial charge in [0.15, 0.2) is 0 Å². The summed E-state index contributed by atoms with van der Waals surface area (Å²) in [6, 6.07) is 11.8. The molecule has 2 aromatic heterocycles. The van der Waals surface area contributed by atoms with Crippen molar-refractivity contribution in [3.05, 3.63) is 46.8 Å². The Hall–Kier alpha value is -2.40. The Kier molecular flexibility index (Phi) is 4.32. The molecule has 0 atom stereocenters. The van der Waals surface area contributed by atoms with Gasteiger partial charge in [-0.05, 0) is 37.0 Å². The van der Waals surface area contributed by atoms with Crippen molar-refractivity contribution in [2.75, 3.05) is 37.6 Å². The number of fused-ring (bicyclic) bond motifs is 3. The van der Waals surface area contributed by atoms with E-state index in [2.05, 4.69) is 14.8 Å². The van der Waals surface area contributed by atoms with Crippen LogP contribution in [0.15, 0.2) is 41.2 Å². The van der Waals surface area contributed by atoms with Crippen molar-refractivity contribution in [2.24, 2.45) is 5.92 Å². The first kappa shape index (κ1) is 16.8. The number of hydrogen-bond acceptors (Lipinski definition) is 4. The van der Waals surface area contributed by atoms with Gasteiger partial charge in [0.1, 0.15) is 5.82 Å². The van der Waals surface area contributed by atoms with Crippen LogP contribution in [0.1, 0.15) is 25.7 Å². The first-order valence-electron chi connectivity index (χ1n) is 10.2. The summed E-state index contributed by atoms with van der Waals surface area (Å²) in [5, 5.41) is 1.63. The van der Waals surface area contributed by atoms with Crippen LogP contribution in [-0.4, -0.2) is 47.6 Å². The van der Waals surface area contributed by atoms with Crippen LogP contribution in [-0.2, 0) is 0 Å². The molecule has 27 heavy (non-hydrogen) atoms. The van der Waals surface area contributed by atoms with Gasteiger partial charge in [-0.2, -0.15) is 0 Å². The van der Waals surface area contributed by atoms with E-state index in [1.807, 2.05) is 36.4 Å². The average Bonchev–Trinajstić information content (AvgIpc) is 3.22. The van der Waals surface area contributed by atoms with E-state index in [9.17, 15) is 4.79 Å². The molecule has 5 nitrogen and oxygen atoms in total. The summed E-state index contributed by atoms with van der Waals surface area (Å²) in [7, 11) is 0. The maximum atomic E-state index is 12.3. The molecule has 5 heteroatoms. The van der Waals surface area contributed by atoms with E-state index in [1.165, 1.54) is 32.2 Å². The largest absolute Gasteiger partial charge is 0.354 e. The van der Waals surface area contributed by atoms with Gasteiger partial charge in [0.25, 0.3) is 5.56 Å². The zero-order chi connectivity index (χ0) is 18.2. The van der Waals surface area contributed by atoms with Crippen molar-refractivity contribution >= 4 is 27.6 Å². The third kappa shape index (κ3) is 3.21. The lowest BCUT2D eigenvalue weighted by molar-refractivity contribution is 0.219. The van der Waals surface area contributed by atoms with Crippen molar-refractivity contribution in [1.29, 1.82) is 0 Å². The van der Waals surface area contributed by atoms with Crippen molar-refractivity contribution in [1.82, 2.24) is 14.9 Å². The van der Waals surface area contributed by atoms with Crippen LogP contribution < -0.4 is 10.5 Å². The summed E-state index contributed by atoms with van der Waals surface area (Å²) in [4.78, 5) is 25.2. The first-order valence-corrected chi connectivity index (χ1v) is 10.2. The summed E-state index contributed by atoms with van der Waals surface area (Å²) in [5.74, 6) is 1.93. The van der Waals surface area contributed by atoms with Gasteiger partial charge in [0.05, 0.1) is 11.0 Å². The van der Waals surface area contributed by atoms with E-state index in [1.54, 1.807) is 0 Å². The van der Waals surface area contributed by atoms with Crippen molar-refractivity contribution < 1.29 is 0 Å². The molecule has 0 unspecified atom stereocenters. The quantitative estimate of drug-likeness (QED) is 0.726. The minimum Gasteiger partial charge on any atom is -0.354 e. The summed E-state index contributed by atoms with van der Waals surface area (Å²) < 4.78 is 0. The molecule has 2 aliphatic rings. The third-order valence-corrected chi connectivity index (χ3v) is 6.24. The van der Waals surface area contributed by atoms with Crippen LogP contribution in [0, 0.1) is 5.92 Å². The van der Waals surface area contributed by atoms with Crippen LogP contribution in [0.2, 0.25) is 0 Å². The maximum Gasteiger partial charge on any atom is 0.256 e. The van der Waals surface area contributed by atoms with Crippen LogP contribution >= 0.6 is 0 Å². The molecule has 0 radical (unpaired) electrons. The average molecular weight is 362 g/mol. The number of anilines is 1. The van der Waals surface area contributed by atoms with E-state index in [0.29, 0.717) is 5.39 Å². The maximum absolute atomic E-state index is 12.3. The number of benzene rings is 1. The Morgan fingerprint density at radius 1 is 0.963 bits per heavy atom. The number of pyridine rings is 2. The predicted molar refractivity (Wildman–Crippen MR) is 110 cm³/mol. The van der Waals surface area contributed by atoms with Crippen molar-refractivity contribution in [2.45, 2.75) is 25.7 Å². The van der Waals surface area contributed by atoms with E-state index in [-0.39, 0.29) is 5.56 Å². The van der Waals surface area contributed by atoms with Gasteiger partial charge in [-0.25, -0.2) is 4.98 Å². The van der Waals surface area contributed by atoms with Crippen LogP contribution in [0.25, 0.3) is 21.8 Å².